The molecule has 1 N–H and O–H groups in total. The Kier molecular flexibility index (Phi) is 5.85. The van der Waals surface area contributed by atoms with E-state index in [1.807, 2.05) is 32.0 Å². The molecule has 9 heteroatoms. The number of fused-ring (bicyclic) bond motifs is 1. The highest BCUT2D eigenvalue weighted by Crippen LogP contribution is 2.27. The van der Waals surface area contributed by atoms with Gasteiger partial charge in [-0.05, 0) is 31.5 Å². The lowest BCUT2D eigenvalue weighted by Gasteiger charge is -2.13. The fraction of sp³-hybridized carbons (Fsp3) is 0.200. The van der Waals surface area contributed by atoms with Gasteiger partial charge in [-0.3, -0.25) is 14.5 Å². The standard InChI is InChI=1S/C25H22N6O2S/c1-15-20(14-17-8-4-3-5-9-17)22(27-16(2)26-15)28-25-30-29-21(34-25)12-13-31-23(32)18-10-6-7-11-19(18)24(31)33/h3-11H,12-14H2,1-2H3,(H,26,27,28,30). The van der Waals surface area contributed by atoms with Gasteiger partial charge in [-0.2, -0.15) is 0 Å². The van der Waals surface area contributed by atoms with E-state index >= 15 is 0 Å². The maximum atomic E-state index is 12.6. The molecule has 1 aliphatic heterocycles. The average molecular weight is 471 g/mol. The molecule has 5 rings (SSSR count). The van der Waals surface area contributed by atoms with Crippen molar-refractivity contribution in [2.45, 2.75) is 26.7 Å². The van der Waals surface area contributed by atoms with Gasteiger partial charge in [0.2, 0.25) is 5.13 Å². The molecule has 2 amide bonds. The summed E-state index contributed by atoms with van der Waals surface area (Å²) in [5, 5.41) is 13.1. The Labute approximate surface area is 200 Å². The molecule has 0 bridgehead atoms. The molecule has 3 heterocycles. The van der Waals surface area contributed by atoms with E-state index in [0.717, 1.165) is 16.3 Å². The third-order valence-electron chi connectivity index (χ3n) is 5.67. The van der Waals surface area contributed by atoms with Crippen molar-refractivity contribution in [3.8, 4) is 0 Å². The first kappa shape index (κ1) is 21.8. The van der Waals surface area contributed by atoms with Gasteiger partial charge >= 0.3 is 0 Å². The highest BCUT2D eigenvalue weighted by atomic mass is 32.1. The van der Waals surface area contributed by atoms with Crippen molar-refractivity contribution in [2.75, 3.05) is 11.9 Å². The van der Waals surface area contributed by atoms with Crippen LogP contribution in [0.3, 0.4) is 0 Å². The Morgan fingerprint density at radius 3 is 2.26 bits per heavy atom. The third-order valence-corrected chi connectivity index (χ3v) is 6.57. The molecule has 1 aliphatic rings. The van der Waals surface area contributed by atoms with Crippen molar-refractivity contribution in [1.29, 1.82) is 0 Å². The summed E-state index contributed by atoms with van der Waals surface area (Å²) in [4.78, 5) is 35.6. The second-order valence-electron chi connectivity index (χ2n) is 8.03. The van der Waals surface area contributed by atoms with Gasteiger partial charge < -0.3 is 5.32 Å². The largest absolute Gasteiger partial charge is 0.314 e. The molecule has 8 nitrogen and oxygen atoms in total. The summed E-state index contributed by atoms with van der Waals surface area (Å²) >= 11 is 1.38. The number of benzene rings is 2. The average Bonchev–Trinajstić information content (AvgIpc) is 3.38. The van der Waals surface area contributed by atoms with Crippen molar-refractivity contribution in [3.63, 3.8) is 0 Å². The molecular formula is C25H22N6O2S. The maximum absolute atomic E-state index is 12.6. The SMILES string of the molecule is Cc1nc(C)c(Cc2ccccc2)c(Nc2nnc(CCN3C(=O)c4ccccc4C3=O)s2)n1. The lowest BCUT2D eigenvalue weighted by Crippen LogP contribution is -2.31. The Bertz CT molecular complexity index is 1350. The number of nitrogens with zero attached hydrogens (tertiary/aromatic N) is 5. The van der Waals surface area contributed by atoms with E-state index < -0.39 is 0 Å². The number of amides is 2. The third kappa shape index (κ3) is 4.29. The second-order valence-corrected chi connectivity index (χ2v) is 9.09. The molecule has 0 atom stereocenters. The molecule has 0 radical (unpaired) electrons. The van der Waals surface area contributed by atoms with Crippen LogP contribution in [0.1, 0.15) is 48.4 Å². The van der Waals surface area contributed by atoms with Crippen molar-refractivity contribution in [1.82, 2.24) is 25.1 Å². The minimum absolute atomic E-state index is 0.256. The summed E-state index contributed by atoms with van der Waals surface area (Å²) in [6.07, 6.45) is 1.13. The van der Waals surface area contributed by atoms with E-state index in [4.69, 9.17) is 0 Å². The van der Waals surface area contributed by atoms with Crippen LogP contribution in [0, 0.1) is 13.8 Å². The van der Waals surface area contributed by atoms with Gasteiger partial charge in [-0.1, -0.05) is 53.8 Å². The fourth-order valence-corrected chi connectivity index (χ4v) is 4.73. The number of aromatic nitrogens is 4. The van der Waals surface area contributed by atoms with Crippen molar-refractivity contribution in [2.24, 2.45) is 0 Å². The molecule has 170 valence electrons. The molecule has 4 aromatic rings. The van der Waals surface area contributed by atoms with Crippen LogP contribution >= 0.6 is 11.3 Å². The number of carbonyl (C=O) groups is 2. The van der Waals surface area contributed by atoms with E-state index in [0.29, 0.717) is 40.7 Å². The zero-order valence-corrected chi connectivity index (χ0v) is 19.6. The van der Waals surface area contributed by atoms with E-state index in [1.165, 1.54) is 21.8 Å². The quantitative estimate of drug-likeness (QED) is 0.406. The minimum atomic E-state index is -0.263. The van der Waals surface area contributed by atoms with Gasteiger partial charge in [0.05, 0.1) is 11.1 Å². The molecule has 0 saturated carbocycles. The van der Waals surface area contributed by atoms with E-state index in [2.05, 4.69) is 37.6 Å². The summed E-state index contributed by atoms with van der Waals surface area (Å²) in [5.41, 5.74) is 3.98. The van der Waals surface area contributed by atoms with Crippen LogP contribution in [0.2, 0.25) is 0 Å². The Morgan fingerprint density at radius 2 is 1.56 bits per heavy atom. The summed E-state index contributed by atoms with van der Waals surface area (Å²) in [5.74, 6) is 0.853. The highest BCUT2D eigenvalue weighted by Gasteiger charge is 2.34. The molecular weight excluding hydrogens is 448 g/mol. The van der Waals surface area contributed by atoms with Crippen molar-refractivity contribution >= 4 is 34.1 Å². The summed E-state index contributed by atoms with van der Waals surface area (Å²) in [6.45, 7) is 4.09. The first-order valence-corrected chi connectivity index (χ1v) is 11.7. The number of hydrogen-bond acceptors (Lipinski definition) is 8. The minimum Gasteiger partial charge on any atom is -0.314 e. The van der Waals surface area contributed by atoms with Crippen LogP contribution in [-0.4, -0.2) is 43.4 Å². The van der Waals surface area contributed by atoms with Crippen LogP contribution in [0.15, 0.2) is 54.6 Å². The summed E-state index contributed by atoms with van der Waals surface area (Å²) in [6, 6.07) is 17.1. The van der Waals surface area contributed by atoms with Crippen LogP contribution < -0.4 is 5.32 Å². The number of hydrogen-bond donors (Lipinski definition) is 1. The van der Waals surface area contributed by atoms with Gasteiger partial charge in [-0.15, -0.1) is 10.2 Å². The first-order valence-electron chi connectivity index (χ1n) is 10.9. The van der Waals surface area contributed by atoms with Crippen LogP contribution in [-0.2, 0) is 12.8 Å². The Hall–Kier alpha value is -3.98. The zero-order chi connectivity index (χ0) is 23.7. The van der Waals surface area contributed by atoms with Crippen LogP contribution in [0.5, 0.6) is 0 Å². The lowest BCUT2D eigenvalue weighted by molar-refractivity contribution is 0.0656. The van der Waals surface area contributed by atoms with Crippen molar-refractivity contribution in [3.05, 3.63) is 93.4 Å². The number of nitrogens with one attached hydrogen (secondary N) is 1. The van der Waals surface area contributed by atoms with Gasteiger partial charge in [0.25, 0.3) is 11.8 Å². The maximum Gasteiger partial charge on any atom is 0.261 e. The predicted octanol–water partition coefficient (Wildman–Crippen LogP) is 4.12. The van der Waals surface area contributed by atoms with Gasteiger partial charge in [0, 0.05) is 30.6 Å². The van der Waals surface area contributed by atoms with E-state index in [-0.39, 0.29) is 18.4 Å². The predicted molar refractivity (Wildman–Crippen MR) is 129 cm³/mol. The van der Waals surface area contributed by atoms with Crippen molar-refractivity contribution < 1.29 is 9.59 Å². The van der Waals surface area contributed by atoms with E-state index in [1.54, 1.807) is 24.3 Å². The smallest absolute Gasteiger partial charge is 0.261 e. The molecule has 0 aliphatic carbocycles. The molecule has 34 heavy (non-hydrogen) atoms. The molecule has 0 saturated heterocycles. The highest BCUT2D eigenvalue weighted by molar-refractivity contribution is 7.15. The van der Waals surface area contributed by atoms with Crippen LogP contribution in [0.4, 0.5) is 10.9 Å². The van der Waals surface area contributed by atoms with E-state index in [9.17, 15) is 9.59 Å². The number of imide groups is 1. The first-order chi connectivity index (χ1) is 16.5. The number of anilines is 2. The lowest BCUT2D eigenvalue weighted by atomic mass is 10.0. The monoisotopic (exact) mass is 470 g/mol. The number of aryl methyl sites for hydroxylation is 2. The zero-order valence-electron chi connectivity index (χ0n) is 18.8. The van der Waals surface area contributed by atoms with Gasteiger partial charge in [0.15, 0.2) is 0 Å². The summed E-state index contributed by atoms with van der Waals surface area (Å²) in [7, 11) is 0. The van der Waals surface area contributed by atoms with Gasteiger partial charge in [-0.25, -0.2) is 9.97 Å². The molecule has 2 aromatic carbocycles. The van der Waals surface area contributed by atoms with Crippen LogP contribution in [0.25, 0.3) is 0 Å². The Balaban J connectivity index is 1.30. The van der Waals surface area contributed by atoms with Gasteiger partial charge in [0.1, 0.15) is 16.6 Å². The molecule has 0 spiro atoms. The fourth-order valence-electron chi connectivity index (χ4n) is 4.01. The molecule has 2 aromatic heterocycles. The molecule has 0 fully saturated rings. The number of carbonyl (C=O) groups excluding carboxylic acids is 2. The summed E-state index contributed by atoms with van der Waals surface area (Å²) < 4.78 is 0. The number of rotatable bonds is 7. The normalized spacial score (nSPS) is 12.8. The second kappa shape index (κ2) is 9.11. The molecule has 0 unspecified atom stereocenters. The Morgan fingerprint density at radius 1 is 0.882 bits per heavy atom. The topological polar surface area (TPSA) is 101 Å².